The summed E-state index contributed by atoms with van der Waals surface area (Å²) in [5, 5.41) is 2.31. The molecule has 1 aromatic heterocycles. The second kappa shape index (κ2) is 10.4. The first-order valence-corrected chi connectivity index (χ1v) is 15.9. The molecule has 2 heteroatoms. The molecule has 9 rings (SSSR count). The Morgan fingerprint density at radius 3 is 1.67 bits per heavy atom. The van der Waals surface area contributed by atoms with E-state index in [4.69, 9.17) is 4.42 Å². The second-order valence-corrected chi connectivity index (χ2v) is 12.3. The van der Waals surface area contributed by atoms with Crippen LogP contribution in [0.1, 0.15) is 23.6 Å². The van der Waals surface area contributed by atoms with Crippen LogP contribution in [0.4, 0.5) is 17.1 Å². The van der Waals surface area contributed by atoms with Gasteiger partial charge in [0.1, 0.15) is 11.2 Å². The smallest absolute Gasteiger partial charge is 0.137 e. The van der Waals surface area contributed by atoms with E-state index < -0.39 is 0 Å². The van der Waals surface area contributed by atoms with Gasteiger partial charge in [0.05, 0.1) is 0 Å². The van der Waals surface area contributed by atoms with E-state index in [0.29, 0.717) is 0 Å². The molecule has 0 saturated carbocycles. The van der Waals surface area contributed by atoms with Crippen molar-refractivity contribution in [3.8, 4) is 22.3 Å². The van der Waals surface area contributed by atoms with Crippen molar-refractivity contribution in [3.63, 3.8) is 0 Å². The van der Waals surface area contributed by atoms with Gasteiger partial charge in [-0.1, -0.05) is 121 Å². The first kappa shape index (κ1) is 26.5. The summed E-state index contributed by atoms with van der Waals surface area (Å²) in [6.45, 7) is 2.37. The number of anilines is 3. The molecule has 1 aliphatic rings. The lowest BCUT2D eigenvalue weighted by Crippen LogP contribution is -2.22. The van der Waals surface area contributed by atoms with Crippen molar-refractivity contribution in [2.45, 2.75) is 12.3 Å². The van der Waals surface area contributed by atoms with Gasteiger partial charge in [0.25, 0.3) is 0 Å². The monoisotopic (exact) mass is 589 g/mol. The maximum atomic E-state index is 6.69. The highest BCUT2D eigenvalue weighted by Gasteiger charge is 2.41. The van der Waals surface area contributed by atoms with Crippen LogP contribution in [-0.4, -0.2) is 0 Å². The summed E-state index contributed by atoms with van der Waals surface area (Å²) in [6.07, 6.45) is 0. The summed E-state index contributed by atoms with van der Waals surface area (Å²) in [7, 11) is 0. The van der Waals surface area contributed by atoms with E-state index in [1.54, 1.807) is 0 Å². The van der Waals surface area contributed by atoms with Crippen molar-refractivity contribution in [1.82, 2.24) is 0 Å². The van der Waals surface area contributed by atoms with E-state index in [2.05, 4.69) is 182 Å². The molecule has 7 aromatic carbocycles. The van der Waals surface area contributed by atoms with Gasteiger partial charge in [-0.2, -0.15) is 0 Å². The number of nitrogens with zero attached hydrogens (tertiary/aromatic N) is 1. The topological polar surface area (TPSA) is 16.4 Å². The average Bonchev–Trinajstić information content (AvgIpc) is 3.63. The molecule has 0 fully saturated rings. The van der Waals surface area contributed by atoms with Crippen molar-refractivity contribution in [3.05, 3.63) is 187 Å². The molecule has 46 heavy (non-hydrogen) atoms. The van der Waals surface area contributed by atoms with Gasteiger partial charge in [-0.3, -0.25) is 0 Å². The molecular weight excluding hydrogens is 558 g/mol. The quantitative estimate of drug-likeness (QED) is 0.199. The Hall–Kier alpha value is -5.86. The summed E-state index contributed by atoms with van der Waals surface area (Å²) in [5.74, 6) is 0. The minimum absolute atomic E-state index is 0.307. The van der Waals surface area contributed by atoms with Crippen molar-refractivity contribution >= 4 is 39.0 Å². The van der Waals surface area contributed by atoms with E-state index in [-0.39, 0.29) is 5.41 Å². The Bertz CT molecular complexity index is 2320. The predicted octanol–water partition coefficient (Wildman–Crippen LogP) is 12.1. The van der Waals surface area contributed by atoms with Crippen LogP contribution >= 0.6 is 0 Å². The predicted molar refractivity (Wildman–Crippen MR) is 191 cm³/mol. The summed E-state index contributed by atoms with van der Waals surface area (Å²) < 4.78 is 6.69. The van der Waals surface area contributed by atoms with Gasteiger partial charge >= 0.3 is 0 Å². The highest BCUT2D eigenvalue weighted by Crippen LogP contribution is 2.54. The Kier molecular flexibility index (Phi) is 5.97. The SMILES string of the molecule is CC1(c2cccc3oc4cc(N(c5ccccc5)c5ccc(-c6ccccc6)cc5)ccc4c23)c2ccccc2-c2ccccc21. The Morgan fingerprint density at radius 1 is 0.435 bits per heavy atom. The van der Waals surface area contributed by atoms with E-state index in [9.17, 15) is 0 Å². The molecule has 0 unspecified atom stereocenters. The van der Waals surface area contributed by atoms with Crippen LogP contribution in [0.5, 0.6) is 0 Å². The van der Waals surface area contributed by atoms with Crippen LogP contribution in [-0.2, 0) is 5.41 Å². The molecule has 1 aliphatic carbocycles. The summed E-state index contributed by atoms with van der Waals surface area (Å²) in [4.78, 5) is 2.30. The number of fused-ring (bicyclic) bond motifs is 6. The number of hydrogen-bond donors (Lipinski definition) is 0. The highest BCUT2D eigenvalue weighted by atomic mass is 16.3. The Labute approximate surface area is 268 Å². The van der Waals surface area contributed by atoms with E-state index >= 15 is 0 Å². The number of para-hydroxylation sites is 1. The van der Waals surface area contributed by atoms with Gasteiger partial charge in [0.2, 0.25) is 0 Å². The molecule has 0 bridgehead atoms. The average molecular weight is 590 g/mol. The molecule has 218 valence electrons. The third-order valence-electron chi connectivity index (χ3n) is 9.75. The number of hydrogen-bond acceptors (Lipinski definition) is 2. The third-order valence-corrected chi connectivity index (χ3v) is 9.75. The Morgan fingerprint density at radius 2 is 0.978 bits per heavy atom. The zero-order chi connectivity index (χ0) is 30.7. The molecule has 1 heterocycles. The molecule has 0 spiro atoms. The maximum Gasteiger partial charge on any atom is 0.137 e. The van der Waals surface area contributed by atoms with Gasteiger partial charge in [0.15, 0.2) is 0 Å². The fourth-order valence-electron chi connectivity index (χ4n) is 7.57. The highest BCUT2D eigenvalue weighted by molar-refractivity contribution is 6.09. The summed E-state index contributed by atoms with van der Waals surface area (Å²) in [5.41, 5.74) is 13.7. The van der Waals surface area contributed by atoms with Crippen molar-refractivity contribution in [1.29, 1.82) is 0 Å². The fraction of sp³-hybridized carbons (Fsp3) is 0.0455. The minimum atomic E-state index is -0.307. The van der Waals surface area contributed by atoms with Crippen LogP contribution < -0.4 is 4.90 Å². The van der Waals surface area contributed by atoms with Gasteiger partial charge in [0, 0.05) is 39.3 Å². The largest absolute Gasteiger partial charge is 0.456 e. The molecule has 8 aromatic rings. The molecule has 0 saturated heterocycles. The molecule has 0 aliphatic heterocycles. The number of furan rings is 1. The van der Waals surface area contributed by atoms with Gasteiger partial charge in [-0.25, -0.2) is 0 Å². The number of benzene rings is 7. The summed E-state index contributed by atoms with van der Waals surface area (Å²) >= 11 is 0. The molecule has 2 nitrogen and oxygen atoms in total. The zero-order valence-corrected chi connectivity index (χ0v) is 25.5. The molecule has 0 atom stereocenters. The van der Waals surface area contributed by atoms with Crippen molar-refractivity contribution in [2.24, 2.45) is 0 Å². The van der Waals surface area contributed by atoms with Crippen molar-refractivity contribution < 1.29 is 4.42 Å². The maximum absolute atomic E-state index is 6.69. The standard InChI is InChI=1S/C44H31NO/c1-44(38-19-10-8-17-35(38)36-18-9-11-20-39(36)44)40-21-12-22-41-43(40)37-28-27-34(29-42(37)46-41)45(32-15-6-3-7-16-32)33-25-23-31(24-26-33)30-13-4-2-5-14-30/h2-29H,1H3. The molecular formula is C44H31NO. The van der Waals surface area contributed by atoms with E-state index in [1.807, 2.05) is 0 Å². The number of rotatable bonds is 5. The minimum Gasteiger partial charge on any atom is -0.456 e. The lowest BCUT2D eigenvalue weighted by molar-refractivity contribution is 0.666. The van der Waals surface area contributed by atoms with Crippen LogP contribution in [0.3, 0.4) is 0 Å². The first-order chi connectivity index (χ1) is 22.7. The zero-order valence-electron chi connectivity index (χ0n) is 25.5. The van der Waals surface area contributed by atoms with Crippen LogP contribution in [0, 0.1) is 0 Å². The van der Waals surface area contributed by atoms with Crippen molar-refractivity contribution in [2.75, 3.05) is 4.90 Å². The summed E-state index contributed by atoms with van der Waals surface area (Å²) in [6, 6.07) is 60.7. The molecule has 0 N–H and O–H groups in total. The first-order valence-electron chi connectivity index (χ1n) is 15.9. The lowest BCUT2D eigenvalue weighted by Gasteiger charge is -2.29. The third kappa shape index (κ3) is 3.97. The van der Waals surface area contributed by atoms with E-state index in [1.165, 1.54) is 44.3 Å². The Balaban J connectivity index is 1.21. The van der Waals surface area contributed by atoms with E-state index in [0.717, 1.165) is 33.6 Å². The van der Waals surface area contributed by atoms with Gasteiger partial charge in [-0.15, -0.1) is 0 Å². The second-order valence-electron chi connectivity index (χ2n) is 12.3. The molecule has 0 amide bonds. The normalized spacial score (nSPS) is 13.1. The molecule has 0 radical (unpaired) electrons. The van der Waals surface area contributed by atoms with Gasteiger partial charge < -0.3 is 9.32 Å². The lowest BCUT2D eigenvalue weighted by atomic mass is 9.73. The van der Waals surface area contributed by atoms with Crippen LogP contribution in [0.15, 0.2) is 174 Å². The van der Waals surface area contributed by atoms with Crippen LogP contribution in [0.25, 0.3) is 44.2 Å². The van der Waals surface area contributed by atoms with Crippen LogP contribution in [0.2, 0.25) is 0 Å². The van der Waals surface area contributed by atoms with Gasteiger partial charge in [-0.05, 0) is 88.3 Å². The fourth-order valence-corrected chi connectivity index (χ4v) is 7.57.